The summed E-state index contributed by atoms with van der Waals surface area (Å²) >= 11 is 0. The third-order valence-electron chi connectivity index (χ3n) is 11.5. The molecule has 69 heavy (non-hydrogen) atoms. The Morgan fingerprint density at radius 2 is 0.884 bits per heavy atom. The zero-order valence-electron chi connectivity index (χ0n) is 40.2. The van der Waals surface area contributed by atoms with E-state index in [-0.39, 0.29) is 17.8 Å². The van der Waals surface area contributed by atoms with Crippen molar-refractivity contribution in [2.45, 2.75) is 79.3 Å². The number of fused-ring (bicyclic) bond motifs is 6. The fourth-order valence-electron chi connectivity index (χ4n) is 8.33. The Kier molecular flexibility index (Phi) is 17.9. The zero-order chi connectivity index (χ0) is 48.4. The first-order chi connectivity index (χ1) is 33.7. The molecule has 6 aromatic carbocycles. The van der Waals surface area contributed by atoms with E-state index in [0.29, 0.717) is 65.6 Å². The van der Waals surface area contributed by atoms with Crippen molar-refractivity contribution in [3.05, 3.63) is 139 Å². The highest BCUT2D eigenvalue weighted by atomic mass is 16.5. The van der Waals surface area contributed by atoms with Crippen LogP contribution < -0.4 is 24.3 Å². The van der Waals surface area contributed by atoms with Crippen molar-refractivity contribution in [3.8, 4) is 23.0 Å². The van der Waals surface area contributed by atoms with Crippen molar-refractivity contribution >= 4 is 67.1 Å². The number of hydrogen-bond acceptors (Lipinski definition) is 9. The summed E-state index contributed by atoms with van der Waals surface area (Å²) < 4.78 is 38.3. The number of hydrogen-bond donors (Lipinski definition) is 1. The summed E-state index contributed by atoms with van der Waals surface area (Å²) in [6, 6.07) is 44.3. The third kappa shape index (κ3) is 13.8. The lowest BCUT2D eigenvalue weighted by Gasteiger charge is -2.10. The minimum atomic E-state index is -0.195. The first kappa shape index (κ1) is 49.4. The number of esters is 2. The normalized spacial score (nSPS) is 11.0. The van der Waals surface area contributed by atoms with Gasteiger partial charge in [-0.05, 0) is 113 Å². The number of aromatic nitrogens is 2. The molecule has 2 aromatic heterocycles. The number of nitrogens with zero attached hydrogens (tertiary/aromatic N) is 2. The maximum Gasteiger partial charge on any atom is 0.307 e. The molecule has 0 aliphatic rings. The van der Waals surface area contributed by atoms with Gasteiger partial charge in [0.05, 0.1) is 63.5 Å². The van der Waals surface area contributed by atoms with Crippen LogP contribution in [0.15, 0.2) is 133 Å². The molecule has 0 spiro atoms. The van der Waals surface area contributed by atoms with Gasteiger partial charge in [0.15, 0.2) is 0 Å². The monoisotopic (exact) mass is 933 g/mol. The minimum Gasteiger partial charge on any atom is -0.494 e. The number of ether oxygens (including phenoxy) is 6. The molecular weight excluding hydrogens is 871 g/mol. The molecule has 360 valence electrons. The van der Waals surface area contributed by atoms with E-state index >= 15 is 0 Å². The Labute approximate surface area is 404 Å². The number of para-hydroxylation sites is 2. The standard InChI is InChI=1S/C29H32N2O5.C28H31NO4/c1-3-34-29(33)15-16-31-27-12-5-4-11-25(27)26-14-13-24(20-28(26)31)36-18-7-6-17-35-23-10-8-9-22(19-23)30-21(2)32;1-3-31-28(30)15-16-29-26-12-5-4-11-24(26)25-14-13-23(20-27(25)29)33-18-7-6-17-32-22-10-8-9-21(2)19-22/h4-5,8-14,19-20H,3,6-7,15-18H2,1-2H3,(H,30,32);4-5,8-14,19-20H,3,6-7,15-18H2,1-2H3. The Bertz CT molecular complexity index is 2970. The molecule has 12 nitrogen and oxygen atoms in total. The molecule has 0 unspecified atom stereocenters. The number of anilines is 1. The van der Waals surface area contributed by atoms with Crippen LogP contribution in [0.25, 0.3) is 43.6 Å². The predicted molar refractivity (Wildman–Crippen MR) is 274 cm³/mol. The second-order valence-corrected chi connectivity index (χ2v) is 16.6. The van der Waals surface area contributed by atoms with Crippen LogP contribution in [0.2, 0.25) is 0 Å². The summed E-state index contributed by atoms with van der Waals surface area (Å²) in [4.78, 5) is 35.1. The molecule has 8 rings (SSSR count). The Morgan fingerprint density at radius 1 is 0.464 bits per heavy atom. The van der Waals surface area contributed by atoms with Crippen molar-refractivity contribution in [1.82, 2.24) is 9.13 Å². The summed E-state index contributed by atoms with van der Waals surface area (Å²) in [6.07, 6.45) is 4.18. The molecule has 2 heterocycles. The van der Waals surface area contributed by atoms with Crippen LogP contribution in [0.4, 0.5) is 5.69 Å². The van der Waals surface area contributed by atoms with Crippen LogP contribution in [0.3, 0.4) is 0 Å². The van der Waals surface area contributed by atoms with Gasteiger partial charge in [0.1, 0.15) is 23.0 Å². The molecule has 1 amide bonds. The largest absolute Gasteiger partial charge is 0.494 e. The first-order valence-corrected chi connectivity index (χ1v) is 24.0. The number of rotatable bonds is 23. The molecule has 0 saturated carbocycles. The maximum absolute atomic E-state index is 12.0. The van der Waals surface area contributed by atoms with Gasteiger partial charge in [0.2, 0.25) is 5.91 Å². The second kappa shape index (κ2) is 25.1. The van der Waals surface area contributed by atoms with E-state index in [1.54, 1.807) is 0 Å². The highest BCUT2D eigenvalue weighted by molar-refractivity contribution is 6.09. The van der Waals surface area contributed by atoms with Crippen LogP contribution >= 0.6 is 0 Å². The summed E-state index contributed by atoms with van der Waals surface area (Å²) in [5.74, 6) is 2.79. The van der Waals surface area contributed by atoms with E-state index < -0.39 is 0 Å². The Hall–Kier alpha value is -7.47. The molecule has 1 N–H and O–H groups in total. The number of benzene rings is 6. The van der Waals surface area contributed by atoms with E-state index in [9.17, 15) is 14.4 Å². The lowest BCUT2D eigenvalue weighted by Crippen LogP contribution is -2.09. The van der Waals surface area contributed by atoms with E-state index in [0.717, 1.165) is 92.6 Å². The van der Waals surface area contributed by atoms with Crippen molar-refractivity contribution in [1.29, 1.82) is 0 Å². The molecule has 0 atom stereocenters. The number of nitrogens with one attached hydrogen (secondary N) is 1. The summed E-state index contributed by atoms with van der Waals surface area (Å²) in [5.41, 5.74) is 6.24. The topological polar surface area (TPSA) is 128 Å². The van der Waals surface area contributed by atoms with E-state index in [2.05, 4.69) is 69.9 Å². The summed E-state index contributed by atoms with van der Waals surface area (Å²) in [6.45, 7) is 11.5. The SMILES string of the molecule is CCOC(=O)CCn1c2ccccc2c2ccc(OCCCCOc3cccc(C)c3)cc21.CCOC(=O)CCn1c2ccccc2c2ccc(OCCCCOc3cccc(NC(C)=O)c3)cc21. The highest BCUT2D eigenvalue weighted by Crippen LogP contribution is 2.33. The summed E-state index contributed by atoms with van der Waals surface area (Å²) in [7, 11) is 0. The number of amides is 1. The average molecular weight is 934 g/mol. The van der Waals surface area contributed by atoms with E-state index in [1.807, 2.05) is 98.8 Å². The van der Waals surface area contributed by atoms with E-state index in [4.69, 9.17) is 28.4 Å². The fourth-order valence-corrected chi connectivity index (χ4v) is 8.33. The molecule has 8 aromatic rings. The van der Waals surface area contributed by atoms with Crippen LogP contribution in [0.5, 0.6) is 23.0 Å². The predicted octanol–water partition coefficient (Wildman–Crippen LogP) is 12.2. The number of carbonyl (C=O) groups is 3. The Balaban J connectivity index is 0.000000205. The van der Waals surface area contributed by atoms with Crippen LogP contribution in [-0.4, -0.2) is 66.6 Å². The van der Waals surface area contributed by atoms with Crippen molar-refractivity contribution in [3.63, 3.8) is 0 Å². The van der Waals surface area contributed by atoms with Gasteiger partial charge < -0.3 is 42.9 Å². The molecular formula is C57H63N3O9. The van der Waals surface area contributed by atoms with Crippen LogP contribution in [0, 0.1) is 6.92 Å². The maximum atomic E-state index is 12.0. The smallest absolute Gasteiger partial charge is 0.307 e. The Morgan fingerprint density at radius 3 is 1.33 bits per heavy atom. The average Bonchev–Trinajstić information content (AvgIpc) is 3.83. The van der Waals surface area contributed by atoms with Gasteiger partial charge >= 0.3 is 11.9 Å². The molecule has 0 bridgehead atoms. The van der Waals surface area contributed by atoms with Gasteiger partial charge in [-0.3, -0.25) is 14.4 Å². The quantitative estimate of drug-likeness (QED) is 0.0492. The molecule has 12 heteroatoms. The molecule has 0 aliphatic heterocycles. The van der Waals surface area contributed by atoms with Gasteiger partial charge in [0, 0.05) is 76.5 Å². The summed E-state index contributed by atoms with van der Waals surface area (Å²) in [5, 5.41) is 7.38. The fraction of sp³-hybridized carbons (Fsp3) is 0.316. The lowest BCUT2D eigenvalue weighted by atomic mass is 10.1. The van der Waals surface area contributed by atoms with E-state index in [1.165, 1.54) is 17.9 Å². The van der Waals surface area contributed by atoms with Crippen LogP contribution in [0.1, 0.15) is 64.9 Å². The molecule has 0 fully saturated rings. The van der Waals surface area contributed by atoms with Gasteiger partial charge in [0.25, 0.3) is 0 Å². The molecule has 0 radical (unpaired) electrons. The number of unbranched alkanes of at least 4 members (excludes halogenated alkanes) is 2. The van der Waals surface area contributed by atoms with Crippen LogP contribution in [-0.2, 0) is 36.9 Å². The number of carbonyl (C=O) groups excluding carboxylic acids is 3. The number of aryl methyl sites for hydroxylation is 3. The van der Waals surface area contributed by atoms with Gasteiger partial charge in [-0.2, -0.15) is 0 Å². The van der Waals surface area contributed by atoms with Crippen molar-refractivity contribution < 1.29 is 42.8 Å². The van der Waals surface area contributed by atoms with Gasteiger partial charge in [-0.25, -0.2) is 0 Å². The minimum absolute atomic E-state index is 0.109. The van der Waals surface area contributed by atoms with Gasteiger partial charge in [-0.1, -0.05) is 54.6 Å². The molecule has 0 saturated heterocycles. The lowest BCUT2D eigenvalue weighted by molar-refractivity contribution is -0.144. The molecule has 0 aliphatic carbocycles. The van der Waals surface area contributed by atoms with Crippen molar-refractivity contribution in [2.24, 2.45) is 0 Å². The third-order valence-corrected chi connectivity index (χ3v) is 11.5. The first-order valence-electron chi connectivity index (χ1n) is 24.0. The second-order valence-electron chi connectivity index (χ2n) is 16.6. The highest BCUT2D eigenvalue weighted by Gasteiger charge is 2.15. The zero-order valence-corrected chi connectivity index (χ0v) is 40.2. The van der Waals surface area contributed by atoms with Crippen molar-refractivity contribution in [2.75, 3.05) is 45.0 Å². The van der Waals surface area contributed by atoms with Gasteiger partial charge in [-0.15, -0.1) is 0 Å².